The fraction of sp³-hybridized carbons (Fsp3) is 0.500. The van der Waals surface area contributed by atoms with Crippen molar-refractivity contribution in [3.05, 3.63) is 46.8 Å². The number of carbonyl (C=O) groups is 3. The van der Waals surface area contributed by atoms with Gasteiger partial charge in [0.2, 0.25) is 0 Å². The van der Waals surface area contributed by atoms with Crippen LogP contribution >= 0.6 is 0 Å². The average Bonchev–Trinajstić information content (AvgIpc) is 2.98. The molecular formula is C22H27NO6. The molecule has 7 heteroatoms. The summed E-state index contributed by atoms with van der Waals surface area (Å²) in [4.78, 5) is 35.6. The minimum absolute atomic E-state index is 0.0368. The van der Waals surface area contributed by atoms with Gasteiger partial charge in [0.1, 0.15) is 17.4 Å². The number of aliphatic hydroxyl groups excluding tert-OH is 1. The van der Waals surface area contributed by atoms with Crippen LogP contribution in [0.15, 0.2) is 46.8 Å². The highest BCUT2D eigenvalue weighted by molar-refractivity contribution is 6.25. The van der Waals surface area contributed by atoms with Gasteiger partial charge in [-0.25, -0.2) is 0 Å². The quantitative estimate of drug-likeness (QED) is 0.324. The Morgan fingerprint density at radius 1 is 1.31 bits per heavy atom. The normalized spacial score (nSPS) is 35.6. The molecule has 0 aromatic heterocycles. The van der Waals surface area contributed by atoms with Crippen molar-refractivity contribution in [3.63, 3.8) is 0 Å². The van der Waals surface area contributed by atoms with Crippen molar-refractivity contribution < 1.29 is 29.0 Å². The van der Waals surface area contributed by atoms with Crippen LogP contribution in [0, 0.1) is 11.8 Å². The number of hydrogen-bond acceptors (Lipinski definition) is 6. The van der Waals surface area contributed by atoms with E-state index in [-0.39, 0.29) is 41.6 Å². The van der Waals surface area contributed by atoms with Gasteiger partial charge in [-0.3, -0.25) is 14.4 Å². The number of fused-ring (bicyclic) bond motifs is 2. The van der Waals surface area contributed by atoms with Crippen molar-refractivity contribution in [1.29, 1.82) is 0 Å². The highest BCUT2D eigenvalue weighted by Crippen LogP contribution is 2.42. The van der Waals surface area contributed by atoms with E-state index in [1.807, 2.05) is 40.7 Å². The van der Waals surface area contributed by atoms with Gasteiger partial charge in [-0.1, -0.05) is 31.6 Å². The Balaban J connectivity index is 1.77. The maximum Gasteiger partial charge on any atom is 0.259 e. The van der Waals surface area contributed by atoms with E-state index < -0.39 is 23.6 Å². The van der Waals surface area contributed by atoms with Gasteiger partial charge in [0, 0.05) is 11.8 Å². The summed E-state index contributed by atoms with van der Waals surface area (Å²) < 4.78 is 12.2. The van der Waals surface area contributed by atoms with Crippen molar-refractivity contribution in [2.45, 2.75) is 52.6 Å². The molecule has 0 unspecified atom stereocenters. The Morgan fingerprint density at radius 2 is 2.00 bits per heavy atom. The monoisotopic (exact) mass is 401 g/mol. The van der Waals surface area contributed by atoms with Crippen molar-refractivity contribution >= 4 is 17.5 Å². The average molecular weight is 401 g/mol. The van der Waals surface area contributed by atoms with E-state index in [0.717, 1.165) is 11.1 Å². The first kappa shape index (κ1) is 21.2. The molecule has 156 valence electrons. The number of ether oxygens (including phenoxy) is 2. The third-order valence-corrected chi connectivity index (χ3v) is 5.78. The molecule has 0 radical (unpaired) electrons. The van der Waals surface area contributed by atoms with Gasteiger partial charge in [0.25, 0.3) is 5.91 Å². The summed E-state index contributed by atoms with van der Waals surface area (Å²) in [6.07, 6.45) is 5.79. The third kappa shape index (κ3) is 3.97. The molecule has 29 heavy (non-hydrogen) atoms. The number of carbonyl (C=O) groups excluding carboxylic acids is 3. The van der Waals surface area contributed by atoms with Crippen molar-refractivity contribution in [2.24, 2.45) is 11.8 Å². The van der Waals surface area contributed by atoms with Crippen molar-refractivity contribution in [1.82, 2.24) is 5.32 Å². The Bertz CT molecular complexity index is 862. The molecule has 3 heterocycles. The highest BCUT2D eigenvalue weighted by atomic mass is 16.7. The fourth-order valence-electron chi connectivity index (χ4n) is 4.01. The Hall–Kier alpha value is -2.51. The second kappa shape index (κ2) is 7.72. The summed E-state index contributed by atoms with van der Waals surface area (Å²) in [6.45, 7) is 9.35. The van der Waals surface area contributed by atoms with Crippen LogP contribution < -0.4 is 5.32 Å². The lowest BCUT2D eigenvalue weighted by molar-refractivity contribution is -0.309. The van der Waals surface area contributed by atoms with Crippen molar-refractivity contribution in [2.75, 3.05) is 6.54 Å². The second-order valence-electron chi connectivity index (χ2n) is 8.12. The molecular weight excluding hydrogens is 374 g/mol. The molecule has 1 amide bonds. The predicted octanol–water partition coefficient (Wildman–Crippen LogP) is 2.30. The topological polar surface area (TPSA) is 102 Å². The first-order valence-corrected chi connectivity index (χ1v) is 9.73. The number of amides is 1. The molecule has 3 aliphatic rings. The molecule has 2 saturated heterocycles. The molecule has 0 spiro atoms. The molecule has 2 N–H and O–H groups in total. The van der Waals surface area contributed by atoms with Crippen LogP contribution in [0.1, 0.15) is 34.6 Å². The Labute approximate surface area is 170 Å². The van der Waals surface area contributed by atoms with Crippen LogP contribution in [0.2, 0.25) is 0 Å². The number of hydrogen-bond donors (Lipinski definition) is 2. The lowest BCUT2D eigenvalue weighted by Gasteiger charge is -2.49. The highest BCUT2D eigenvalue weighted by Gasteiger charge is 2.50. The number of ketones is 2. The van der Waals surface area contributed by atoms with E-state index in [0.29, 0.717) is 0 Å². The third-order valence-electron chi connectivity index (χ3n) is 5.78. The molecule has 0 saturated carbocycles. The molecule has 0 aromatic carbocycles. The van der Waals surface area contributed by atoms with Crippen LogP contribution in [0.5, 0.6) is 0 Å². The van der Waals surface area contributed by atoms with Crippen LogP contribution in [-0.4, -0.2) is 47.1 Å². The summed E-state index contributed by atoms with van der Waals surface area (Å²) in [7, 11) is 0. The van der Waals surface area contributed by atoms with Crippen LogP contribution in [0.3, 0.4) is 0 Å². The SMILES string of the molecule is CC1=CC(=O)[C@H]2O[C@]1(C)O[C@H]([C@H](C)/C=C(C)/C=C/C(O)=C1\C(=O)CNC1=O)[C@H]2C. The van der Waals surface area contributed by atoms with Gasteiger partial charge in [-0.2, -0.15) is 0 Å². The smallest absolute Gasteiger partial charge is 0.259 e. The summed E-state index contributed by atoms with van der Waals surface area (Å²) >= 11 is 0. The number of nitrogens with one attached hydrogen (secondary N) is 1. The van der Waals surface area contributed by atoms with E-state index >= 15 is 0 Å². The van der Waals surface area contributed by atoms with Crippen LogP contribution in [0.25, 0.3) is 0 Å². The van der Waals surface area contributed by atoms with Gasteiger partial charge in [-0.15, -0.1) is 0 Å². The van der Waals surface area contributed by atoms with Gasteiger partial charge >= 0.3 is 0 Å². The van der Waals surface area contributed by atoms with Gasteiger partial charge in [0.05, 0.1) is 12.6 Å². The Morgan fingerprint density at radius 3 is 2.62 bits per heavy atom. The molecule has 2 bridgehead atoms. The van der Waals surface area contributed by atoms with Gasteiger partial charge < -0.3 is 19.9 Å². The maximum absolute atomic E-state index is 12.3. The summed E-state index contributed by atoms with van der Waals surface area (Å²) in [6, 6.07) is 0. The number of rotatable bonds is 4. The van der Waals surface area contributed by atoms with Crippen LogP contribution in [-0.2, 0) is 23.9 Å². The van der Waals surface area contributed by atoms with Crippen molar-refractivity contribution in [3.8, 4) is 0 Å². The van der Waals surface area contributed by atoms with E-state index in [2.05, 4.69) is 5.32 Å². The minimum atomic E-state index is -0.916. The lowest BCUT2D eigenvalue weighted by Crippen LogP contribution is -2.58. The van der Waals surface area contributed by atoms with E-state index in [1.165, 1.54) is 6.08 Å². The zero-order valence-electron chi connectivity index (χ0n) is 17.3. The van der Waals surface area contributed by atoms with E-state index in [9.17, 15) is 19.5 Å². The molecule has 7 nitrogen and oxygen atoms in total. The zero-order valence-corrected chi connectivity index (χ0v) is 17.3. The predicted molar refractivity (Wildman–Crippen MR) is 106 cm³/mol. The zero-order chi connectivity index (χ0) is 21.5. The van der Waals surface area contributed by atoms with E-state index in [1.54, 1.807) is 12.2 Å². The van der Waals surface area contributed by atoms with E-state index in [4.69, 9.17) is 9.47 Å². The summed E-state index contributed by atoms with van der Waals surface area (Å²) in [5, 5.41) is 12.4. The maximum atomic E-state index is 12.3. The molecule has 0 aliphatic carbocycles. The second-order valence-corrected chi connectivity index (χ2v) is 8.12. The summed E-state index contributed by atoms with van der Waals surface area (Å²) in [5.41, 5.74) is 1.36. The molecule has 2 fully saturated rings. The molecule has 3 aliphatic heterocycles. The van der Waals surface area contributed by atoms with Gasteiger partial charge in [-0.05, 0) is 38.5 Å². The summed E-state index contributed by atoms with van der Waals surface area (Å²) in [5.74, 6) is -2.46. The first-order valence-electron chi connectivity index (χ1n) is 9.73. The first-order chi connectivity index (χ1) is 13.5. The molecule has 5 atom stereocenters. The number of Topliss-reactive ketones (excluding diaryl/α,β-unsaturated/α-hetero) is 1. The molecule has 3 rings (SSSR count). The number of aliphatic hydroxyl groups is 1. The van der Waals surface area contributed by atoms with Gasteiger partial charge in [0.15, 0.2) is 17.4 Å². The fourth-order valence-corrected chi connectivity index (χ4v) is 4.01. The lowest BCUT2D eigenvalue weighted by atomic mass is 9.82. The molecule has 0 aromatic rings. The Kier molecular flexibility index (Phi) is 5.65. The minimum Gasteiger partial charge on any atom is -0.507 e. The standard InChI is InChI=1S/C22H27NO6/c1-11(6-7-15(24)18-17(26)10-23-21(18)27)8-12(2)19-14(4)20-16(25)9-13(3)22(5,28-19)29-20/h6-9,12,14,19-20,24H,10H2,1-5H3,(H,23,27)/b7-6+,11-8+,18-15-/t12-,14-,19-,20+,22+/m1/s1. The van der Waals surface area contributed by atoms with Crippen LogP contribution in [0.4, 0.5) is 0 Å². The number of allylic oxidation sites excluding steroid dienone is 3. The largest absolute Gasteiger partial charge is 0.507 e.